The SMILES string of the molecule is CN=C(NCCCOC1CCOCC1)N1CCC(Cc2ccccc2)CC1. The van der Waals surface area contributed by atoms with E-state index in [4.69, 9.17) is 9.47 Å². The van der Waals surface area contributed by atoms with Gasteiger partial charge >= 0.3 is 0 Å². The molecule has 0 spiro atoms. The van der Waals surface area contributed by atoms with Crippen molar-refractivity contribution in [2.75, 3.05) is 46.5 Å². The lowest BCUT2D eigenvalue weighted by Crippen LogP contribution is -2.46. The highest BCUT2D eigenvalue weighted by molar-refractivity contribution is 5.79. The van der Waals surface area contributed by atoms with E-state index in [1.807, 2.05) is 7.05 Å². The number of hydrogen-bond acceptors (Lipinski definition) is 3. The highest BCUT2D eigenvalue weighted by Crippen LogP contribution is 2.21. The van der Waals surface area contributed by atoms with Gasteiger partial charge in [0, 0.05) is 46.5 Å². The molecule has 1 N–H and O–H groups in total. The van der Waals surface area contributed by atoms with E-state index >= 15 is 0 Å². The zero-order chi connectivity index (χ0) is 18.7. The van der Waals surface area contributed by atoms with Gasteiger partial charge in [-0.15, -0.1) is 0 Å². The molecule has 0 atom stereocenters. The number of likely N-dealkylation sites (tertiary alicyclic amines) is 1. The molecule has 150 valence electrons. The summed E-state index contributed by atoms with van der Waals surface area (Å²) < 4.78 is 11.3. The van der Waals surface area contributed by atoms with Gasteiger partial charge in [0.05, 0.1) is 6.10 Å². The summed E-state index contributed by atoms with van der Waals surface area (Å²) in [6, 6.07) is 10.9. The summed E-state index contributed by atoms with van der Waals surface area (Å²) in [7, 11) is 1.89. The van der Waals surface area contributed by atoms with Gasteiger partial charge in [-0.05, 0) is 50.0 Å². The first kappa shape index (κ1) is 20.2. The first-order valence-corrected chi connectivity index (χ1v) is 10.5. The van der Waals surface area contributed by atoms with Crippen molar-refractivity contribution in [1.82, 2.24) is 10.2 Å². The predicted molar refractivity (Wildman–Crippen MR) is 110 cm³/mol. The summed E-state index contributed by atoms with van der Waals surface area (Å²) in [5, 5.41) is 3.51. The highest BCUT2D eigenvalue weighted by Gasteiger charge is 2.21. The molecular weight excluding hydrogens is 338 g/mol. The normalized spacial score (nSPS) is 20.0. The van der Waals surface area contributed by atoms with E-state index in [0.717, 1.165) is 70.6 Å². The molecular formula is C22H35N3O2. The molecule has 2 saturated heterocycles. The summed E-state index contributed by atoms with van der Waals surface area (Å²) in [5.74, 6) is 1.83. The Kier molecular flexibility index (Phi) is 8.43. The summed E-state index contributed by atoms with van der Waals surface area (Å²) in [6.07, 6.45) is 7.15. The van der Waals surface area contributed by atoms with Gasteiger partial charge in [0.1, 0.15) is 0 Å². The summed E-state index contributed by atoms with van der Waals surface area (Å²) in [5.41, 5.74) is 1.46. The lowest BCUT2D eigenvalue weighted by Gasteiger charge is -2.34. The van der Waals surface area contributed by atoms with Crippen molar-refractivity contribution in [1.29, 1.82) is 0 Å². The topological polar surface area (TPSA) is 46.1 Å². The average Bonchev–Trinajstić information content (AvgIpc) is 2.73. The van der Waals surface area contributed by atoms with Gasteiger partial charge in [0.15, 0.2) is 5.96 Å². The van der Waals surface area contributed by atoms with Crippen LogP contribution >= 0.6 is 0 Å². The minimum absolute atomic E-state index is 0.390. The van der Waals surface area contributed by atoms with E-state index in [-0.39, 0.29) is 0 Å². The zero-order valence-corrected chi connectivity index (χ0v) is 16.7. The standard InChI is InChI=1S/C22H35N3O2/c1-23-22(24-12-5-15-27-21-10-16-26-17-11-21)25-13-8-20(9-14-25)18-19-6-3-2-4-7-19/h2-4,6-7,20-21H,5,8-18H2,1H3,(H,23,24). The van der Waals surface area contributed by atoms with Crippen molar-refractivity contribution in [3.8, 4) is 0 Å². The number of aliphatic imine (C=N–C) groups is 1. The minimum atomic E-state index is 0.390. The molecule has 0 unspecified atom stereocenters. The van der Waals surface area contributed by atoms with Crippen LogP contribution in [0.25, 0.3) is 0 Å². The first-order chi connectivity index (χ1) is 13.3. The fraction of sp³-hybridized carbons (Fsp3) is 0.682. The number of hydrogen-bond donors (Lipinski definition) is 1. The van der Waals surface area contributed by atoms with Crippen molar-refractivity contribution in [2.45, 2.75) is 44.6 Å². The molecule has 0 radical (unpaired) electrons. The van der Waals surface area contributed by atoms with Crippen LogP contribution in [0.5, 0.6) is 0 Å². The van der Waals surface area contributed by atoms with Gasteiger partial charge in [0.25, 0.3) is 0 Å². The van der Waals surface area contributed by atoms with Crippen LogP contribution in [0, 0.1) is 5.92 Å². The van der Waals surface area contributed by atoms with Gasteiger partial charge in [0.2, 0.25) is 0 Å². The van der Waals surface area contributed by atoms with Gasteiger partial charge in [-0.25, -0.2) is 0 Å². The molecule has 0 aliphatic carbocycles. The monoisotopic (exact) mass is 373 g/mol. The number of guanidine groups is 1. The Balaban J connectivity index is 1.30. The molecule has 5 nitrogen and oxygen atoms in total. The van der Waals surface area contributed by atoms with Crippen LogP contribution in [-0.4, -0.2) is 63.5 Å². The lowest BCUT2D eigenvalue weighted by atomic mass is 9.90. The van der Waals surface area contributed by atoms with Crippen LogP contribution < -0.4 is 5.32 Å². The second kappa shape index (κ2) is 11.3. The third kappa shape index (κ3) is 6.82. The third-order valence-corrected chi connectivity index (χ3v) is 5.62. The minimum Gasteiger partial charge on any atom is -0.381 e. The molecule has 0 bridgehead atoms. The van der Waals surface area contributed by atoms with E-state index in [9.17, 15) is 0 Å². The van der Waals surface area contributed by atoms with Gasteiger partial charge in [-0.1, -0.05) is 30.3 Å². The van der Waals surface area contributed by atoms with E-state index in [1.54, 1.807) is 0 Å². The average molecular weight is 374 g/mol. The summed E-state index contributed by atoms with van der Waals surface area (Å²) in [6.45, 7) is 5.60. The van der Waals surface area contributed by atoms with Crippen molar-refractivity contribution in [2.24, 2.45) is 10.9 Å². The first-order valence-electron chi connectivity index (χ1n) is 10.5. The molecule has 0 amide bonds. The van der Waals surface area contributed by atoms with Crippen LogP contribution in [0.2, 0.25) is 0 Å². The van der Waals surface area contributed by atoms with Gasteiger partial charge < -0.3 is 19.7 Å². The molecule has 2 fully saturated rings. The maximum Gasteiger partial charge on any atom is 0.193 e. The van der Waals surface area contributed by atoms with Crippen LogP contribution in [0.15, 0.2) is 35.3 Å². The molecule has 2 aliphatic rings. The molecule has 1 aromatic carbocycles. The second-order valence-electron chi connectivity index (χ2n) is 7.63. The maximum atomic E-state index is 5.94. The van der Waals surface area contributed by atoms with E-state index in [1.165, 1.54) is 24.8 Å². The fourth-order valence-corrected chi connectivity index (χ4v) is 3.99. The Morgan fingerprint density at radius 3 is 2.59 bits per heavy atom. The van der Waals surface area contributed by atoms with E-state index < -0.39 is 0 Å². The molecule has 0 aromatic heterocycles. The van der Waals surface area contributed by atoms with Gasteiger partial charge in [-0.3, -0.25) is 4.99 Å². The lowest BCUT2D eigenvalue weighted by molar-refractivity contribution is -0.0320. The van der Waals surface area contributed by atoms with Gasteiger partial charge in [-0.2, -0.15) is 0 Å². The Morgan fingerprint density at radius 1 is 1.15 bits per heavy atom. The Hall–Kier alpha value is -1.59. The second-order valence-corrected chi connectivity index (χ2v) is 7.63. The number of ether oxygens (including phenoxy) is 2. The molecule has 5 heteroatoms. The molecule has 2 aliphatic heterocycles. The zero-order valence-electron chi connectivity index (χ0n) is 16.7. The summed E-state index contributed by atoms with van der Waals surface area (Å²) in [4.78, 5) is 6.89. The molecule has 0 saturated carbocycles. The number of benzene rings is 1. The van der Waals surface area contributed by atoms with E-state index in [0.29, 0.717) is 6.10 Å². The number of rotatable bonds is 7. The van der Waals surface area contributed by atoms with Crippen LogP contribution in [0.4, 0.5) is 0 Å². The smallest absolute Gasteiger partial charge is 0.193 e. The summed E-state index contributed by atoms with van der Waals surface area (Å²) >= 11 is 0. The Morgan fingerprint density at radius 2 is 1.89 bits per heavy atom. The Bertz CT molecular complexity index is 550. The number of nitrogens with one attached hydrogen (secondary N) is 1. The largest absolute Gasteiger partial charge is 0.381 e. The van der Waals surface area contributed by atoms with Crippen LogP contribution in [0.3, 0.4) is 0 Å². The predicted octanol–water partition coefficient (Wildman–Crippen LogP) is 3.10. The molecule has 2 heterocycles. The third-order valence-electron chi connectivity index (χ3n) is 5.62. The van der Waals surface area contributed by atoms with Crippen molar-refractivity contribution >= 4 is 5.96 Å². The van der Waals surface area contributed by atoms with Crippen LogP contribution in [0.1, 0.15) is 37.7 Å². The van der Waals surface area contributed by atoms with E-state index in [2.05, 4.69) is 45.5 Å². The quantitative estimate of drug-likeness (QED) is 0.453. The number of nitrogens with zero attached hydrogens (tertiary/aromatic N) is 2. The number of piperidine rings is 1. The molecule has 27 heavy (non-hydrogen) atoms. The maximum absolute atomic E-state index is 5.94. The van der Waals surface area contributed by atoms with Crippen LogP contribution in [-0.2, 0) is 15.9 Å². The fourth-order valence-electron chi connectivity index (χ4n) is 3.99. The molecule has 3 rings (SSSR count). The molecule has 1 aromatic rings. The van der Waals surface area contributed by atoms with Crippen molar-refractivity contribution in [3.63, 3.8) is 0 Å². The highest BCUT2D eigenvalue weighted by atomic mass is 16.5. The van der Waals surface area contributed by atoms with Crippen molar-refractivity contribution < 1.29 is 9.47 Å². The Labute approximate surface area is 164 Å². The van der Waals surface area contributed by atoms with Crippen molar-refractivity contribution in [3.05, 3.63) is 35.9 Å².